The Bertz CT molecular complexity index is 772. The van der Waals surface area contributed by atoms with Crippen LogP contribution in [0.15, 0.2) is 41.2 Å². The summed E-state index contributed by atoms with van der Waals surface area (Å²) in [7, 11) is 0. The van der Waals surface area contributed by atoms with E-state index in [0.29, 0.717) is 0 Å². The molecule has 0 radical (unpaired) electrons. The van der Waals surface area contributed by atoms with Crippen molar-refractivity contribution in [1.29, 1.82) is 0 Å². The summed E-state index contributed by atoms with van der Waals surface area (Å²) in [4.78, 5) is 12.6. The van der Waals surface area contributed by atoms with Crippen LogP contribution in [-0.2, 0) is 0 Å². The fourth-order valence-corrected chi connectivity index (χ4v) is 3.24. The molecule has 90 valence electrons. The number of hydrogen-bond acceptors (Lipinski definition) is 3. The lowest BCUT2D eigenvalue weighted by molar-refractivity contribution is 0.894. The molecule has 0 unspecified atom stereocenters. The van der Waals surface area contributed by atoms with Gasteiger partial charge in [0.1, 0.15) is 4.83 Å². The van der Waals surface area contributed by atoms with Crippen molar-refractivity contribution in [2.75, 3.05) is 0 Å². The van der Waals surface area contributed by atoms with Gasteiger partial charge in [-0.15, -0.1) is 0 Å². The Morgan fingerprint density at radius 1 is 1.17 bits per heavy atom. The van der Waals surface area contributed by atoms with Gasteiger partial charge >= 0.3 is 0 Å². The van der Waals surface area contributed by atoms with Crippen molar-refractivity contribution in [3.05, 3.63) is 57.2 Å². The van der Waals surface area contributed by atoms with Crippen LogP contribution in [0.4, 0.5) is 0 Å². The van der Waals surface area contributed by atoms with Crippen LogP contribution in [-0.4, -0.2) is 9.78 Å². The number of fused-ring (bicyclic) bond motifs is 1. The second kappa shape index (κ2) is 4.07. The minimum absolute atomic E-state index is 0.0667. The Kier molecular flexibility index (Phi) is 2.52. The molecule has 0 aliphatic rings. The average Bonchev–Trinajstić information content (AvgIpc) is 2.67. The summed E-state index contributed by atoms with van der Waals surface area (Å²) in [5.41, 5.74) is 2.94. The van der Waals surface area contributed by atoms with Gasteiger partial charge in [-0.25, -0.2) is 4.68 Å². The van der Waals surface area contributed by atoms with E-state index in [1.165, 1.54) is 11.3 Å². The van der Waals surface area contributed by atoms with E-state index in [9.17, 15) is 4.79 Å². The van der Waals surface area contributed by atoms with E-state index in [0.717, 1.165) is 27.2 Å². The highest BCUT2D eigenvalue weighted by molar-refractivity contribution is 7.15. The van der Waals surface area contributed by atoms with E-state index in [-0.39, 0.29) is 4.74 Å². The molecule has 0 spiro atoms. The van der Waals surface area contributed by atoms with Crippen LogP contribution in [0, 0.1) is 13.8 Å². The average molecular weight is 256 g/mol. The first-order chi connectivity index (χ1) is 8.66. The predicted molar refractivity (Wildman–Crippen MR) is 74.7 cm³/mol. The fraction of sp³-hybridized carbons (Fsp3) is 0.143. The number of hydrogen-bond donors (Lipinski definition) is 0. The lowest BCUT2D eigenvalue weighted by Crippen LogP contribution is -1.98. The van der Waals surface area contributed by atoms with Crippen molar-refractivity contribution in [2.45, 2.75) is 13.8 Å². The molecule has 1 aromatic carbocycles. The van der Waals surface area contributed by atoms with Gasteiger partial charge in [0.15, 0.2) is 0 Å². The van der Waals surface area contributed by atoms with Gasteiger partial charge in [-0.3, -0.25) is 4.79 Å². The zero-order valence-corrected chi connectivity index (χ0v) is 11.0. The number of aromatic nitrogens is 2. The van der Waals surface area contributed by atoms with Crippen molar-refractivity contribution in [3.8, 4) is 5.69 Å². The van der Waals surface area contributed by atoms with Crippen molar-refractivity contribution in [3.63, 3.8) is 0 Å². The van der Waals surface area contributed by atoms with E-state index < -0.39 is 0 Å². The number of aryl methyl sites for hydroxylation is 2. The summed E-state index contributed by atoms with van der Waals surface area (Å²) in [6, 6.07) is 11.6. The Labute approximate surface area is 108 Å². The van der Waals surface area contributed by atoms with Crippen LogP contribution in [0.2, 0.25) is 0 Å². The second-order valence-electron chi connectivity index (χ2n) is 4.26. The maximum atomic E-state index is 11.7. The van der Waals surface area contributed by atoms with Crippen molar-refractivity contribution in [1.82, 2.24) is 9.78 Å². The van der Waals surface area contributed by atoms with Crippen molar-refractivity contribution in [2.24, 2.45) is 0 Å². The lowest BCUT2D eigenvalue weighted by Gasteiger charge is -2.02. The first-order valence-electron chi connectivity index (χ1n) is 5.72. The van der Waals surface area contributed by atoms with E-state index >= 15 is 0 Å². The molecule has 3 aromatic rings. The summed E-state index contributed by atoms with van der Waals surface area (Å²) >= 11 is 1.24. The first kappa shape index (κ1) is 11.2. The highest BCUT2D eigenvalue weighted by Gasteiger charge is 2.12. The normalized spacial score (nSPS) is 11.0. The Balaban J connectivity index is 2.42. The smallest absolute Gasteiger partial charge is 0.234 e. The molecule has 0 aliphatic heterocycles. The summed E-state index contributed by atoms with van der Waals surface area (Å²) in [6.45, 7) is 3.94. The highest BCUT2D eigenvalue weighted by Crippen LogP contribution is 2.25. The fourth-order valence-electron chi connectivity index (χ4n) is 2.17. The Morgan fingerprint density at radius 3 is 2.61 bits per heavy atom. The number of rotatable bonds is 1. The largest absolute Gasteiger partial charge is 0.278 e. The quantitative estimate of drug-likeness (QED) is 0.670. The number of nitrogens with zero attached hydrogens (tertiary/aromatic N) is 2. The molecule has 0 atom stereocenters. The minimum atomic E-state index is 0.0667. The SMILES string of the molecule is Cc1cc(=O)sc2c1c(C)nn2-c1ccccc1. The lowest BCUT2D eigenvalue weighted by atomic mass is 10.2. The van der Waals surface area contributed by atoms with Gasteiger partial charge in [-0.2, -0.15) is 5.10 Å². The van der Waals surface area contributed by atoms with Gasteiger partial charge in [0.05, 0.1) is 11.4 Å². The number of benzene rings is 1. The van der Waals surface area contributed by atoms with Gasteiger partial charge in [-0.05, 0) is 37.6 Å². The molecule has 0 bridgehead atoms. The van der Waals surface area contributed by atoms with Crippen molar-refractivity contribution < 1.29 is 0 Å². The van der Waals surface area contributed by atoms with Gasteiger partial charge in [0, 0.05) is 5.39 Å². The zero-order chi connectivity index (χ0) is 12.7. The molecule has 3 rings (SSSR count). The molecule has 18 heavy (non-hydrogen) atoms. The summed E-state index contributed by atoms with van der Waals surface area (Å²) in [6.07, 6.45) is 0. The molecular weight excluding hydrogens is 244 g/mol. The minimum Gasteiger partial charge on any atom is -0.278 e. The first-order valence-corrected chi connectivity index (χ1v) is 6.54. The van der Waals surface area contributed by atoms with Gasteiger partial charge < -0.3 is 0 Å². The van der Waals surface area contributed by atoms with Crippen LogP contribution in [0.25, 0.3) is 15.9 Å². The Hall–Kier alpha value is -1.94. The van der Waals surface area contributed by atoms with E-state index in [1.807, 2.05) is 48.9 Å². The molecule has 0 fully saturated rings. The second-order valence-corrected chi connectivity index (χ2v) is 5.25. The molecule has 0 aliphatic carbocycles. The maximum absolute atomic E-state index is 11.7. The molecule has 0 saturated carbocycles. The Morgan fingerprint density at radius 2 is 1.89 bits per heavy atom. The van der Waals surface area contributed by atoms with Gasteiger partial charge in [-0.1, -0.05) is 29.5 Å². The van der Waals surface area contributed by atoms with Crippen LogP contribution >= 0.6 is 11.3 Å². The van der Waals surface area contributed by atoms with Crippen LogP contribution in [0.3, 0.4) is 0 Å². The third-order valence-electron chi connectivity index (χ3n) is 2.94. The standard InChI is InChI=1S/C14H12N2OS/c1-9-8-12(17)18-14-13(9)10(2)15-16(14)11-6-4-3-5-7-11/h3-8H,1-2H3. The maximum Gasteiger partial charge on any atom is 0.234 e. The van der Waals surface area contributed by atoms with E-state index in [2.05, 4.69) is 5.10 Å². The third kappa shape index (κ3) is 1.66. The van der Waals surface area contributed by atoms with E-state index in [4.69, 9.17) is 0 Å². The molecular formula is C14H12N2OS. The summed E-state index contributed by atoms with van der Waals surface area (Å²) in [5, 5.41) is 5.64. The number of para-hydroxylation sites is 1. The molecule has 0 N–H and O–H groups in total. The van der Waals surface area contributed by atoms with Crippen LogP contribution in [0.5, 0.6) is 0 Å². The highest BCUT2D eigenvalue weighted by atomic mass is 32.1. The molecule has 4 heteroatoms. The van der Waals surface area contributed by atoms with Crippen LogP contribution in [0.1, 0.15) is 11.3 Å². The topological polar surface area (TPSA) is 34.9 Å². The summed E-state index contributed by atoms with van der Waals surface area (Å²) in [5.74, 6) is 0. The molecule has 2 aromatic heterocycles. The zero-order valence-electron chi connectivity index (χ0n) is 10.2. The van der Waals surface area contributed by atoms with Crippen molar-refractivity contribution >= 4 is 21.6 Å². The predicted octanol–water partition coefficient (Wildman–Crippen LogP) is 3.06. The third-order valence-corrected chi connectivity index (χ3v) is 3.83. The molecule has 2 heterocycles. The molecule has 0 saturated heterocycles. The van der Waals surface area contributed by atoms with E-state index in [1.54, 1.807) is 6.07 Å². The molecule has 3 nitrogen and oxygen atoms in total. The van der Waals surface area contributed by atoms with Gasteiger partial charge in [0.2, 0.25) is 4.74 Å². The summed E-state index contributed by atoms with van der Waals surface area (Å²) < 4.78 is 1.92. The van der Waals surface area contributed by atoms with Crippen LogP contribution < -0.4 is 4.74 Å². The monoisotopic (exact) mass is 256 g/mol. The van der Waals surface area contributed by atoms with Gasteiger partial charge in [0.25, 0.3) is 0 Å². The molecule has 0 amide bonds.